The van der Waals surface area contributed by atoms with Gasteiger partial charge in [-0.1, -0.05) is 11.6 Å². The van der Waals surface area contributed by atoms with Crippen molar-refractivity contribution >= 4 is 28.2 Å². The van der Waals surface area contributed by atoms with Crippen LogP contribution in [0.5, 0.6) is 0 Å². The van der Waals surface area contributed by atoms with Gasteiger partial charge in [-0.3, -0.25) is 14.3 Å². The van der Waals surface area contributed by atoms with E-state index in [1.165, 1.54) is 10.6 Å². The Bertz CT molecular complexity index is 934. The molecule has 2 fully saturated rings. The Morgan fingerprint density at radius 3 is 2.62 bits per heavy atom. The van der Waals surface area contributed by atoms with Crippen LogP contribution >= 0.6 is 11.6 Å². The molecular weight excluding hydrogens is 335 g/mol. The van der Waals surface area contributed by atoms with E-state index in [0.717, 1.165) is 25.7 Å². The third-order valence-corrected chi connectivity index (χ3v) is 5.43. The van der Waals surface area contributed by atoms with Gasteiger partial charge in [-0.05, 0) is 31.7 Å². The molecule has 8 heteroatoms. The number of benzene rings is 1. The monoisotopic (exact) mass is 352 g/mol. The average molecular weight is 353 g/mol. The van der Waals surface area contributed by atoms with Crippen molar-refractivity contribution in [2.75, 3.05) is 18.0 Å². The van der Waals surface area contributed by atoms with Gasteiger partial charge in [0.25, 0.3) is 5.56 Å². The quantitative estimate of drug-likeness (QED) is 0.862. The minimum absolute atomic E-state index is 0.00602. The van der Waals surface area contributed by atoms with Gasteiger partial charge < -0.3 is 10.6 Å². The second-order valence-corrected chi connectivity index (χ2v) is 7.00. The fraction of sp³-hybridized carbons (Fsp3) is 0.500. The zero-order chi connectivity index (χ0) is 17.0. The summed E-state index contributed by atoms with van der Waals surface area (Å²) in [6.07, 6.45) is 3.46. The van der Waals surface area contributed by atoms with Crippen molar-refractivity contribution < 1.29 is 4.39 Å². The van der Waals surface area contributed by atoms with Crippen LogP contribution in [0.15, 0.2) is 15.7 Å². The molecule has 1 saturated carbocycles. The van der Waals surface area contributed by atoms with Crippen molar-refractivity contribution in [1.82, 2.24) is 9.55 Å². The molecule has 1 unspecified atom stereocenters. The number of nitrogens with one attached hydrogen (secondary N) is 1. The van der Waals surface area contributed by atoms with Crippen LogP contribution < -0.4 is 21.9 Å². The summed E-state index contributed by atoms with van der Waals surface area (Å²) in [6, 6.07) is 1.13. The Morgan fingerprint density at radius 1 is 1.29 bits per heavy atom. The molecule has 1 aliphatic heterocycles. The highest BCUT2D eigenvalue weighted by molar-refractivity contribution is 6.37. The molecule has 0 spiro atoms. The van der Waals surface area contributed by atoms with Crippen molar-refractivity contribution in [1.29, 1.82) is 0 Å². The van der Waals surface area contributed by atoms with E-state index in [0.29, 0.717) is 18.6 Å². The number of nitrogens with two attached hydrogens (primary N) is 1. The van der Waals surface area contributed by atoms with Crippen molar-refractivity contribution in [3.8, 4) is 0 Å². The summed E-state index contributed by atoms with van der Waals surface area (Å²) in [5, 5.41) is 0.227. The van der Waals surface area contributed by atoms with Crippen LogP contribution in [0.2, 0.25) is 5.02 Å². The molecule has 2 aromatic rings. The fourth-order valence-corrected chi connectivity index (χ4v) is 4.01. The van der Waals surface area contributed by atoms with Crippen molar-refractivity contribution in [3.05, 3.63) is 37.7 Å². The van der Waals surface area contributed by atoms with Gasteiger partial charge in [0, 0.05) is 25.2 Å². The first-order chi connectivity index (χ1) is 11.5. The minimum Gasteiger partial charge on any atom is -0.366 e. The van der Waals surface area contributed by atoms with Gasteiger partial charge in [0.2, 0.25) is 0 Å². The summed E-state index contributed by atoms with van der Waals surface area (Å²) in [5.41, 5.74) is 5.37. The van der Waals surface area contributed by atoms with E-state index in [9.17, 15) is 14.0 Å². The van der Waals surface area contributed by atoms with Crippen LogP contribution in [-0.2, 0) is 0 Å². The average Bonchev–Trinajstić information content (AvgIpc) is 2.87. The molecule has 0 bridgehead atoms. The van der Waals surface area contributed by atoms with E-state index < -0.39 is 17.1 Å². The second-order valence-electron chi connectivity index (χ2n) is 6.63. The molecule has 128 valence electrons. The SMILES string of the molecule is NC1CCN(c2c(F)cc3c(=O)[nH]c(=O)n(C4CCC4)c3c2Cl)C1. The number of hydrogen-bond acceptors (Lipinski definition) is 4. The Morgan fingerprint density at radius 2 is 2.04 bits per heavy atom. The lowest BCUT2D eigenvalue weighted by molar-refractivity contribution is 0.311. The molecule has 3 N–H and O–H groups in total. The topological polar surface area (TPSA) is 84.1 Å². The molecule has 1 aromatic heterocycles. The number of hydrogen-bond donors (Lipinski definition) is 2. The lowest BCUT2D eigenvalue weighted by Crippen LogP contribution is -2.36. The Hall–Kier alpha value is -1.86. The molecular formula is C16H18ClFN4O2. The normalized spacial score (nSPS) is 21.5. The molecule has 1 atom stereocenters. The molecule has 1 aliphatic carbocycles. The van der Waals surface area contributed by atoms with Crippen LogP contribution in [0.1, 0.15) is 31.7 Å². The van der Waals surface area contributed by atoms with Crippen LogP contribution in [-0.4, -0.2) is 28.7 Å². The Kier molecular flexibility index (Phi) is 3.65. The first-order valence-electron chi connectivity index (χ1n) is 8.14. The van der Waals surface area contributed by atoms with E-state index in [-0.39, 0.29) is 28.2 Å². The summed E-state index contributed by atoms with van der Waals surface area (Å²) in [6.45, 7) is 1.10. The number of rotatable bonds is 2. The van der Waals surface area contributed by atoms with Gasteiger partial charge >= 0.3 is 5.69 Å². The minimum atomic E-state index is -0.615. The molecule has 2 aliphatic rings. The molecule has 2 heterocycles. The first kappa shape index (κ1) is 15.7. The van der Waals surface area contributed by atoms with Gasteiger partial charge in [0.05, 0.1) is 21.6 Å². The fourth-order valence-electron chi connectivity index (χ4n) is 3.61. The Labute approximate surface area is 142 Å². The lowest BCUT2D eigenvalue weighted by Gasteiger charge is -2.30. The van der Waals surface area contributed by atoms with Crippen LogP contribution in [0.25, 0.3) is 10.9 Å². The van der Waals surface area contributed by atoms with E-state index in [1.54, 1.807) is 4.90 Å². The number of aromatic nitrogens is 2. The van der Waals surface area contributed by atoms with Crippen molar-refractivity contribution in [3.63, 3.8) is 0 Å². The highest BCUT2D eigenvalue weighted by atomic mass is 35.5. The van der Waals surface area contributed by atoms with E-state index in [1.807, 2.05) is 0 Å². The summed E-state index contributed by atoms with van der Waals surface area (Å²) >= 11 is 6.51. The van der Waals surface area contributed by atoms with Crippen LogP contribution in [0.3, 0.4) is 0 Å². The number of nitrogens with zero attached hydrogens (tertiary/aromatic N) is 2. The highest BCUT2D eigenvalue weighted by Gasteiger charge is 2.29. The highest BCUT2D eigenvalue weighted by Crippen LogP contribution is 2.39. The summed E-state index contributed by atoms with van der Waals surface area (Å²) in [4.78, 5) is 28.5. The first-order valence-corrected chi connectivity index (χ1v) is 8.52. The molecule has 1 aromatic carbocycles. The predicted octanol–water partition coefficient (Wildman–Crippen LogP) is 1.74. The summed E-state index contributed by atoms with van der Waals surface area (Å²) < 4.78 is 16.2. The molecule has 1 saturated heterocycles. The largest absolute Gasteiger partial charge is 0.366 e. The molecule has 6 nitrogen and oxygen atoms in total. The van der Waals surface area contributed by atoms with Gasteiger partial charge in [0.1, 0.15) is 5.82 Å². The zero-order valence-corrected chi connectivity index (χ0v) is 13.8. The van der Waals surface area contributed by atoms with Gasteiger partial charge in [-0.25, -0.2) is 9.18 Å². The summed E-state index contributed by atoms with van der Waals surface area (Å²) in [5.74, 6) is -0.564. The number of aromatic amines is 1. The number of halogens is 2. The van der Waals surface area contributed by atoms with Gasteiger partial charge in [-0.2, -0.15) is 0 Å². The smallest absolute Gasteiger partial charge is 0.329 e. The predicted molar refractivity (Wildman–Crippen MR) is 91.5 cm³/mol. The third-order valence-electron chi connectivity index (χ3n) is 5.07. The molecule has 4 rings (SSSR count). The molecule has 0 radical (unpaired) electrons. The lowest BCUT2D eigenvalue weighted by atomic mass is 9.92. The van der Waals surface area contributed by atoms with Crippen LogP contribution in [0.4, 0.5) is 10.1 Å². The van der Waals surface area contributed by atoms with E-state index >= 15 is 0 Å². The van der Waals surface area contributed by atoms with Gasteiger partial charge in [-0.15, -0.1) is 0 Å². The van der Waals surface area contributed by atoms with E-state index in [2.05, 4.69) is 4.98 Å². The van der Waals surface area contributed by atoms with E-state index in [4.69, 9.17) is 17.3 Å². The maximum Gasteiger partial charge on any atom is 0.329 e. The standard InChI is InChI=1S/C16H18ClFN4O2/c17-12-13-10(6-11(18)14(12)21-5-4-8(19)7-21)15(23)20-16(24)22(13)9-2-1-3-9/h6,8-9H,1-5,7,19H2,(H,20,23,24). The Balaban J connectivity index is 2.02. The number of H-pyrrole nitrogens is 1. The van der Waals surface area contributed by atoms with Crippen LogP contribution in [0, 0.1) is 5.82 Å². The maximum atomic E-state index is 14.7. The second kappa shape index (κ2) is 5.60. The third kappa shape index (κ3) is 2.26. The van der Waals surface area contributed by atoms with Gasteiger partial charge in [0.15, 0.2) is 0 Å². The summed E-state index contributed by atoms with van der Waals surface area (Å²) in [7, 11) is 0. The number of anilines is 1. The molecule has 0 amide bonds. The number of fused-ring (bicyclic) bond motifs is 1. The van der Waals surface area contributed by atoms with Crippen molar-refractivity contribution in [2.45, 2.75) is 37.8 Å². The molecule has 24 heavy (non-hydrogen) atoms. The zero-order valence-electron chi connectivity index (χ0n) is 13.0. The maximum absolute atomic E-state index is 14.7. The van der Waals surface area contributed by atoms with Crippen molar-refractivity contribution in [2.24, 2.45) is 5.73 Å².